The van der Waals surface area contributed by atoms with Crippen LogP contribution in [-0.2, 0) is 10.3 Å². The van der Waals surface area contributed by atoms with Crippen molar-refractivity contribution in [3.05, 3.63) is 42.0 Å². The number of hydrogen-bond donors (Lipinski definition) is 2. The van der Waals surface area contributed by atoms with Crippen LogP contribution in [0.3, 0.4) is 0 Å². The van der Waals surface area contributed by atoms with E-state index in [1.165, 1.54) is 50.2 Å². The molecule has 1 heterocycles. The molecule has 1 aromatic carbocycles. The number of carbonyl (C=O) groups is 2. The number of nitrogens with zero attached hydrogens (tertiary/aromatic N) is 2. The Balaban J connectivity index is 2.19. The normalized spacial score (nSPS) is 11.1. The minimum absolute atomic E-state index is 0.156. The lowest BCUT2D eigenvalue weighted by Crippen LogP contribution is -2.35. The van der Waals surface area contributed by atoms with Gasteiger partial charge in [0.25, 0.3) is 5.91 Å². The highest BCUT2D eigenvalue weighted by Gasteiger charge is 2.30. The van der Waals surface area contributed by atoms with Gasteiger partial charge in [0.05, 0.1) is 24.6 Å². The molecule has 0 saturated carbocycles. The Bertz CT molecular complexity index is 755. The van der Waals surface area contributed by atoms with Gasteiger partial charge in [-0.1, -0.05) is 0 Å². The van der Waals surface area contributed by atoms with Crippen LogP contribution in [0.25, 0.3) is 0 Å². The molecule has 1 aromatic heterocycles. The second-order valence-corrected chi connectivity index (χ2v) is 5.34. The number of ether oxygens (including phenoxy) is 1. The van der Waals surface area contributed by atoms with Gasteiger partial charge < -0.3 is 15.2 Å². The van der Waals surface area contributed by atoms with Crippen LogP contribution in [0.4, 0.5) is 10.1 Å². The van der Waals surface area contributed by atoms with Gasteiger partial charge in [-0.2, -0.15) is 5.10 Å². The zero-order valence-electron chi connectivity index (χ0n) is 12.8. The Morgan fingerprint density at radius 3 is 2.65 bits per heavy atom. The molecule has 0 saturated heterocycles. The van der Waals surface area contributed by atoms with E-state index in [1.54, 1.807) is 0 Å². The minimum Gasteiger partial charge on any atom is -0.497 e. The second kappa shape index (κ2) is 6.07. The van der Waals surface area contributed by atoms with Gasteiger partial charge in [0.1, 0.15) is 11.6 Å². The van der Waals surface area contributed by atoms with Crippen molar-refractivity contribution in [2.75, 3.05) is 12.4 Å². The third kappa shape index (κ3) is 3.31. The second-order valence-electron chi connectivity index (χ2n) is 5.34. The summed E-state index contributed by atoms with van der Waals surface area (Å²) < 4.78 is 19.9. The fourth-order valence-corrected chi connectivity index (χ4v) is 1.80. The van der Waals surface area contributed by atoms with Gasteiger partial charge >= 0.3 is 5.97 Å². The van der Waals surface area contributed by atoms with Gasteiger partial charge in [-0.05, 0) is 26.0 Å². The maximum atomic E-state index is 13.9. The Labute approximate surface area is 131 Å². The van der Waals surface area contributed by atoms with E-state index in [-0.39, 0.29) is 11.3 Å². The number of rotatable bonds is 5. The summed E-state index contributed by atoms with van der Waals surface area (Å²) in [6.45, 7) is 2.94. The molecule has 0 aliphatic carbocycles. The first kappa shape index (κ1) is 16.5. The molecule has 0 fully saturated rings. The van der Waals surface area contributed by atoms with Gasteiger partial charge in [-0.25, -0.2) is 9.18 Å². The van der Waals surface area contributed by atoms with Crippen LogP contribution in [-0.4, -0.2) is 33.9 Å². The van der Waals surface area contributed by atoms with Gasteiger partial charge in [-0.3, -0.25) is 9.48 Å². The maximum Gasteiger partial charge on any atom is 0.331 e. The number of amides is 1. The molecule has 2 rings (SSSR count). The van der Waals surface area contributed by atoms with Gasteiger partial charge in [-0.15, -0.1) is 0 Å². The quantitative estimate of drug-likeness (QED) is 0.879. The zero-order valence-corrected chi connectivity index (χ0v) is 12.8. The molecule has 7 nitrogen and oxygen atoms in total. The largest absolute Gasteiger partial charge is 0.497 e. The number of aliphatic carboxylic acids is 1. The summed E-state index contributed by atoms with van der Waals surface area (Å²) in [7, 11) is 1.40. The first-order valence-corrected chi connectivity index (χ1v) is 6.69. The number of halogens is 1. The average molecular weight is 321 g/mol. The van der Waals surface area contributed by atoms with Crippen molar-refractivity contribution >= 4 is 17.6 Å². The number of benzene rings is 1. The molecule has 0 aliphatic heterocycles. The highest BCUT2D eigenvalue weighted by molar-refractivity contribution is 6.04. The van der Waals surface area contributed by atoms with E-state index in [0.717, 1.165) is 6.07 Å². The molecular formula is C15H16FN3O4. The van der Waals surface area contributed by atoms with E-state index in [0.29, 0.717) is 5.75 Å². The molecule has 122 valence electrons. The van der Waals surface area contributed by atoms with E-state index in [9.17, 15) is 14.0 Å². The number of carboxylic acid groups (broad SMARTS) is 1. The van der Waals surface area contributed by atoms with Crippen molar-refractivity contribution in [3.63, 3.8) is 0 Å². The summed E-state index contributed by atoms with van der Waals surface area (Å²) in [5.41, 5.74) is -1.16. The van der Waals surface area contributed by atoms with Crippen molar-refractivity contribution in [2.24, 2.45) is 0 Å². The molecule has 0 aliphatic rings. The standard InChI is InChI=1S/C15H16FN3O4/c1-15(2,14(21)22)19-8-9(7-17-19)18-13(20)11-5-4-10(23-3)6-12(11)16/h4-8H,1-3H3,(H,18,20)(H,21,22). The van der Waals surface area contributed by atoms with E-state index in [2.05, 4.69) is 10.4 Å². The van der Waals surface area contributed by atoms with Gasteiger partial charge in [0, 0.05) is 12.3 Å². The number of anilines is 1. The Hall–Kier alpha value is -2.90. The predicted molar refractivity (Wildman–Crippen MR) is 80.1 cm³/mol. The minimum atomic E-state index is -1.27. The number of hydrogen-bond acceptors (Lipinski definition) is 4. The fourth-order valence-electron chi connectivity index (χ4n) is 1.80. The molecule has 0 unspecified atom stereocenters. The number of aromatic nitrogens is 2. The molecule has 1 amide bonds. The number of nitrogens with one attached hydrogen (secondary N) is 1. The summed E-state index contributed by atoms with van der Waals surface area (Å²) in [6, 6.07) is 3.87. The van der Waals surface area contributed by atoms with Gasteiger partial charge in [0.2, 0.25) is 0 Å². The SMILES string of the molecule is COc1ccc(C(=O)Nc2cnn(C(C)(C)C(=O)O)c2)c(F)c1. The smallest absolute Gasteiger partial charge is 0.331 e. The van der Waals surface area contributed by atoms with Crippen molar-refractivity contribution in [3.8, 4) is 5.75 Å². The predicted octanol–water partition coefficient (Wildman–Crippen LogP) is 2.10. The van der Waals surface area contributed by atoms with Crippen molar-refractivity contribution in [2.45, 2.75) is 19.4 Å². The summed E-state index contributed by atoms with van der Waals surface area (Å²) in [6.07, 6.45) is 2.66. The third-order valence-electron chi connectivity index (χ3n) is 3.36. The molecule has 0 atom stereocenters. The zero-order chi connectivity index (χ0) is 17.2. The van der Waals surface area contributed by atoms with Crippen molar-refractivity contribution < 1.29 is 23.8 Å². The lowest BCUT2D eigenvalue weighted by atomic mass is 10.1. The van der Waals surface area contributed by atoms with Crippen LogP contribution in [0.15, 0.2) is 30.6 Å². The molecule has 2 aromatic rings. The van der Waals surface area contributed by atoms with Crippen molar-refractivity contribution in [1.82, 2.24) is 9.78 Å². The van der Waals surface area contributed by atoms with Crippen LogP contribution < -0.4 is 10.1 Å². The van der Waals surface area contributed by atoms with E-state index < -0.39 is 23.2 Å². The average Bonchev–Trinajstić information content (AvgIpc) is 2.95. The molecule has 0 spiro atoms. The third-order valence-corrected chi connectivity index (χ3v) is 3.36. The van der Waals surface area contributed by atoms with Crippen LogP contribution >= 0.6 is 0 Å². The summed E-state index contributed by atoms with van der Waals surface area (Å²) in [5.74, 6) is -2.16. The highest BCUT2D eigenvalue weighted by atomic mass is 19.1. The number of carbonyl (C=O) groups excluding carboxylic acids is 1. The van der Waals surface area contributed by atoms with E-state index in [1.807, 2.05) is 0 Å². The molecule has 2 N–H and O–H groups in total. The lowest BCUT2D eigenvalue weighted by molar-refractivity contribution is -0.146. The molecule has 8 heteroatoms. The summed E-state index contributed by atoms with van der Waals surface area (Å²) in [4.78, 5) is 23.3. The monoisotopic (exact) mass is 321 g/mol. The van der Waals surface area contributed by atoms with E-state index in [4.69, 9.17) is 9.84 Å². The Morgan fingerprint density at radius 2 is 2.09 bits per heavy atom. The Morgan fingerprint density at radius 1 is 1.39 bits per heavy atom. The first-order chi connectivity index (χ1) is 10.8. The van der Waals surface area contributed by atoms with Crippen LogP contribution in [0, 0.1) is 5.82 Å². The first-order valence-electron chi connectivity index (χ1n) is 6.69. The van der Waals surface area contributed by atoms with Crippen LogP contribution in [0.1, 0.15) is 24.2 Å². The maximum absolute atomic E-state index is 13.9. The molecule has 23 heavy (non-hydrogen) atoms. The number of carboxylic acids is 1. The van der Waals surface area contributed by atoms with Crippen molar-refractivity contribution in [1.29, 1.82) is 0 Å². The summed E-state index contributed by atoms with van der Waals surface area (Å²) in [5, 5.41) is 15.5. The molecule has 0 bridgehead atoms. The highest BCUT2D eigenvalue weighted by Crippen LogP contribution is 2.20. The molecule has 0 radical (unpaired) electrons. The summed E-state index contributed by atoms with van der Waals surface area (Å²) >= 11 is 0. The Kier molecular flexibility index (Phi) is 4.35. The lowest BCUT2D eigenvalue weighted by Gasteiger charge is -2.19. The van der Waals surface area contributed by atoms with E-state index >= 15 is 0 Å². The topological polar surface area (TPSA) is 93.5 Å². The molecular weight excluding hydrogens is 305 g/mol. The van der Waals surface area contributed by atoms with Crippen LogP contribution in [0.2, 0.25) is 0 Å². The van der Waals surface area contributed by atoms with Gasteiger partial charge in [0.15, 0.2) is 5.54 Å². The number of methoxy groups -OCH3 is 1. The fraction of sp³-hybridized carbons (Fsp3) is 0.267. The van der Waals surface area contributed by atoms with Crippen LogP contribution in [0.5, 0.6) is 5.75 Å².